The summed E-state index contributed by atoms with van der Waals surface area (Å²) < 4.78 is 68.4. The molecular weight excluding hydrogens is 403 g/mol. The van der Waals surface area contributed by atoms with Gasteiger partial charge in [-0.3, -0.25) is 4.79 Å². The highest BCUT2D eigenvalue weighted by Crippen LogP contribution is 2.45. The molecule has 0 bridgehead atoms. The van der Waals surface area contributed by atoms with Gasteiger partial charge in [0.15, 0.2) is 0 Å². The average molecular weight is 418 g/mol. The summed E-state index contributed by atoms with van der Waals surface area (Å²) in [5.74, 6) is -5.36. The molecule has 0 radical (unpaired) electrons. The molecular formula is C22H15F5N2O. The molecule has 0 saturated heterocycles. The van der Waals surface area contributed by atoms with E-state index in [9.17, 15) is 32.0 Å². The summed E-state index contributed by atoms with van der Waals surface area (Å²) in [5.41, 5.74) is -2.39. The minimum Gasteiger partial charge on any atom is -0.303 e. The Morgan fingerprint density at radius 3 is 2.10 bits per heavy atom. The largest absolute Gasteiger partial charge is 0.458 e. The molecule has 0 N–H and O–H groups in total. The number of hydrogen-bond donors (Lipinski definition) is 0. The molecule has 0 saturated carbocycles. The number of nitrogens with zero attached hydrogens (tertiary/aromatic N) is 2. The van der Waals surface area contributed by atoms with Crippen molar-refractivity contribution >= 4 is 0 Å². The summed E-state index contributed by atoms with van der Waals surface area (Å²) in [4.78, 5) is 12.9. The van der Waals surface area contributed by atoms with Gasteiger partial charge in [-0.15, -0.1) is 0 Å². The van der Waals surface area contributed by atoms with Crippen molar-refractivity contribution in [2.75, 3.05) is 0 Å². The maximum atomic E-state index is 14.2. The first kappa shape index (κ1) is 21.2. The van der Waals surface area contributed by atoms with Crippen molar-refractivity contribution in [1.29, 1.82) is 5.26 Å². The van der Waals surface area contributed by atoms with E-state index in [4.69, 9.17) is 0 Å². The summed E-state index contributed by atoms with van der Waals surface area (Å²) in [5, 5.41) is 9.25. The maximum Gasteiger partial charge on any atom is 0.458 e. The van der Waals surface area contributed by atoms with Gasteiger partial charge in [0, 0.05) is 0 Å². The van der Waals surface area contributed by atoms with Crippen LogP contribution >= 0.6 is 0 Å². The minimum atomic E-state index is -5.96. The second-order valence-electron chi connectivity index (χ2n) is 6.75. The number of nitriles is 1. The Labute approximate surface area is 168 Å². The van der Waals surface area contributed by atoms with E-state index in [0.717, 1.165) is 10.1 Å². The molecule has 154 valence electrons. The highest BCUT2D eigenvalue weighted by Gasteiger charge is 2.60. The molecule has 1 aromatic heterocycles. The lowest BCUT2D eigenvalue weighted by molar-refractivity contribution is -0.289. The Hall–Kier alpha value is -3.47. The summed E-state index contributed by atoms with van der Waals surface area (Å²) in [6.07, 6.45) is -5.96. The van der Waals surface area contributed by atoms with E-state index in [1.165, 1.54) is 18.2 Å². The van der Waals surface area contributed by atoms with Crippen molar-refractivity contribution in [3.05, 3.63) is 93.3 Å². The van der Waals surface area contributed by atoms with Crippen LogP contribution in [0.1, 0.15) is 22.3 Å². The SMILES string of the molecule is Cc1ccc(Cn2c(-c3ccccc3)cc(C(F)(F)C(F)(F)F)c(C#N)c2=O)cc1. The van der Waals surface area contributed by atoms with Gasteiger partial charge in [-0.1, -0.05) is 60.2 Å². The fourth-order valence-corrected chi connectivity index (χ4v) is 3.04. The van der Waals surface area contributed by atoms with Crippen molar-refractivity contribution in [1.82, 2.24) is 4.57 Å². The van der Waals surface area contributed by atoms with Gasteiger partial charge in [-0.05, 0) is 24.1 Å². The van der Waals surface area contributed by atoms with Crippen molar-refractivity contribution < 1.29 is 22.0 Å². The summed E-state index contributed by atoms with van der Waals surface area (Å²) in [6.45, 7) is 1.75. The summed E-state index contributed by atoms with van der Waals surface area (Å²) in [7, 11) is 0. The number of aromatic nitrogens is 1. The molecule has 3 rings (SSSR count). The van der Waals surface area contributed by atoms with E-state index >= 15 is 0 Å². The number of rotatable bonds is 4. The second-order valence-corrected chi connectivity index (χ2v) is 6.75. The zero-order chi connectivity index (χ0) is 22.1. The van der Waals surface area contributed by atoms with Crippen LogP contribution in [0.25, 0.3) is 11.3 Å². The molecule has 0 aliphatic rings. The fraction of sp³-hybridized carbons (Fsp3) is 0.182. The van der Waals surface area contributed by atoms with E-state index in [0.29, 0.717) is 11.6 Å². The lowest BCUT2D eigenvalue weighted by Gasteiger charge is -2.23. The molecule has 0 aliphatic heterocycles. The first-order chi connectivity index (χ1) is 14.1. The van der Waals surface area contributed by atoms with E-state index in [2.05, 4.69) is 0 Å². The van der Waals surface area contributed by atoms with Crippen LogP contribution in [0, 0.1) is 18.3 Å². The highest BCUT2D eigenvalue weighted by atomic mass is 19.4. The molecule has 0 atom stereocenters. The third-order valence-corrected chi connectivity index (χ3v) is 4.64. The lowest BCUT2D eigenvalue weighted by Crippen LogP contribution is -2.38. The summed E-state index contributed by atoms with van der Waals surface area (Å²) in [6, 6.07) is 16.5. The molecule has 3 aromatic rings. The Morgan fingerprint density at radius 1 is 0.967 bits per heavy atom. The fourth-order valence-electron chi connectivity index (χ4n) is 3.04. The number of halogens is 5. The monoisotopic (exact) mass is 418 g/mol. The van der Waals surface area contributed by atoms with Gasteiger partial charge < -0.3 is 4.57 Å². The van der Waals surface area contributed by atoms with Gasteiger partial charge >= 0.3 is 12.1 Å². The number of alkyl halides is 5. The number of benzene rings is 2. The number of aryl methyl sites for hydroxylation is 1. The van der Waals surface area contributed by atoms with E-state index in [1.54, 1.807) is 42.5 Å². The van der Waals surface area contributed by atoms with Crippen LogP contribution in [-0.2, 0) is 12.5 Å². The topological polar surface area (TPSA) is 45.8 Å². The van der Waals surface area contributed by atoms with E-state index in [1.807, 2.05) is 6.92 Å². The van der Waals surface area contributed by atoms with Gasteiger partial charge in [0.2, 0.25) is 0 Å². The van der Waals surface area contributed by atoms with E-state index < -0.39 is 28.8 Å². The molecule has 0 fully saturated rings. The van der Waals surface area contributed by atoms with Crippen molar-refractivity contribution in [2.24, 2.45) is 0 Å². The smallest absolute Gasteiger partial charge is 0.303 e. The first-order valence-corrected chi connectivity index (χ1v) is 8.80. The molecule has 3 nitrogen and oxygen atoms in total. The van der Waals surface area contributed by atoms with Crippen LogP contribution in [0.2, 0.25) is 0 Å². The van der Waals surface area contributed by atoms with Crippen molar-refractivity contribution in [2.45, 2.75) is 25.6 Å². The Bertz CT molecular complexity index is 1160. The Kier molecular flexibility index (Phi) is 5.49. The average Bonchev–Trinajstić information content (AvgIpc) is 2.70. The first-order valence-electron chi connectivity index (χ1n) is 8.80. The van der Waals surface area contributed by atoms with Crippen molar-refractivity contribution in [3.8, 4) is 17.3 Å². The van der Waals surface area contributed by atoms with Crippen molar-refractivity contribution in [3.63, 3.8) is 0 Å². The third-order valence-electron chi connectivity index (χ3n) is 4.64. The Balaban J connectivity index is 2.33. The van der Waals surface area contributed by atoms with Gasteiger partial charge in [-0.2, -0.15) is 27.2 Å². The molecule has 1 heterocycles. The minimum absolute atomic E-state index is 0.101. The molecule has 0 aliphatic carbocycles. The maximum absolute atomic E-state index is 14.2. The Morgan fingerprint density at radius 2 is 1.57 bits per heavy atom. The van der Waals surface area contributed by atoms with Gasteiger partial charge in [0.1, 0.15) is 11.6 Å². The predicted molar refractivity (Wildman–Crippen MR) is 101 cm³/mol. The molecule has 8 heteroatoms. The molecule has 0 unspecified atom stereocenters. The van der Waals surface area contributed by atoms with Gasteiger partial charge in [-0.25, -0.2) is 0 Å². The normalized spacial score (nSPS) is 11.9. The zero-order valence-corrected chi connectivity index (χ0v) is 15.7. The predicted octanol–water partition coefficient (Wildman–Crippen LogP) is 5.40. The standard InChI is InChI=1S/C22H15F5N2O/c1-14-7-9-15(10-8-14)13-29-19(16-5-3-2-4-6-16)11-18(17(12-28)20(29)30)21(23,24)22(25,26)27/h2-11H,13H2,1H3. The van der Waals surface area contributed by atoms with Crippen LogP contribution in [0.3, 0.4) is 0 Å². The van der Waals surface area contributed by atoms with Gasteiger partial charge in [0.05, 0.1) is 17.8 Å². The third kappa shape index (κ3) is 3.83. The van der Waals surface area contributed by atoms with Gasteiger partial charge in [0.25, 0.3) is 5.56 Å². The molecule has 30 heavy (non-hydrogen) atoms. The quantitative estimate of drug-likeness (QED) is 0.533. The molecule has 2 aromatic carbocycles. The number of pyridine rings is 1. The van der Waals surface area contributed by atoms with Crippen LogP contribution in [-0.4, -0.2) is 10.7 Å². The highest BCUT2D eigenvalue weighted by molar-refractivity contribution is 5.63. The van der Waals surface area contributed by atoms with Crippen LogP contribution < -0.4 is 5.56 Å². The summed E-state index contributed by atoms with van der Waals surface area (Å²) >= 11 is 0. The molecule has 0 spiro atoms. The van der Waals surface area contributed by atoms with E-state index in [-0.39, 0.29) is 17.8 Å². The lowest BCUT2D eigenvalue weighted by atomic mass is 9.99. The van der Waals surface area contributed by atoms with Crippen LogP contribution in [0.15, 0.2) is 65.5 Å². The van der Waals surface area contributed by atoms with Crippen LogP contribution in [0.4, 0.5) is 22.0 Å². The second kappa shape index (κ2) is 7.75. The zero-order valence-electron chi connectivity index (χ0n) is 15.7. The molecule has 0 amide bonds. The number of hydrogen-bond acceptors (Lipinski definition) is 2. The van der Waals surface area contributed by atoms with Crippen LogP contribution in [0.5, 0.6) is 0 Å².